The number of carbonyl (C=O) groups is 2. The Hall–Kier alpha value is -3.72. The van der Waals surface area contributed by atoms with Gasteiger partial charge in [-0.2, -0.15) is 0 Å². The fourth-order valence-corrected chi connectivity index (χ4v) is 4.01. The van der Waals surface area contributed by atoms with Crippen molar-refractivity contribution in [1.29, 1.82) is 0 Å². The number of morpholine rings is 1. The fraction of sp³-hybridized carbons (Fsp3) is 0.310. The molecule has 2 N–H and O–H groups in total. The lowest BCUT2D eigenvalue weighted by atomic mass is 10.1. The molecular formula is C29H33N3O5. The molecule has 0 unspecified atom stereocenters. The van der Waals surface area contributed by atoms with Crippen LogP contribution in [0.3, 0.4) is 0 Å². The van der Waals surface area contributed by atoms with E-state index >= 15 is 0 Å². The van der Waals surface area contributed by atoms with Gasteiger partial charge in [0.1, 0.15) is 5.75 Å². The second-order valence-corrected chi connectivity index (χ2v) is 8.74. The van der Waals surface area contributed by atoms with Crippen LogP contribution >= 0.6 is 0 Å². The number of ether oxygens (including phenoxy) is 3. The molecule has 3 aromatic carbocycles. The number of rotatable bonds is 11. The van der Waals surface area contributed by atoms with Gasteiger partial charge >= 0.3 is 0 Å². The van der Waals surface area contributed by atoms with Crippen LogP contribution in [-0.2, 0) is 14.3 Å². The summed E-state index contributed by atoms with van der Waals surface area (Å²) < 4.78 is 16.3. The summed E-state index contributed by atoms with van der Waals surface area (Å²) in [6.07, 6.45) is 0.707. The van der Waals surface area contributed by atoms with Gasteiger partial charge in [0.25, 0.3) is 5.91 Å². The maximum atomic E-state index is 13.0. The van der Waals surface area contributed by atoms with Gasteiger partial charge in [-0.1, -0.05) is 42.5 Å². The Labute approximate surface area is 217 Å². The zero-order chi connectivity index (χ0) is 25.9. The van der Waals surface area contributed by atoms with Gasteiger partial charge < -0.3 is 24.8 Å². The highest BCUT2D eigenvalue weighted by Crippen LogP contribution is 2.27. The molecule has 0 spiro atoms. The lowest BCUT2D eigenvalue weighted by Gasteiger charge is -2.26. The summed E-state index contributed by atoms with van der Waals surface area (Å²) in [6, 6.07) is 22.8. The number of methoxy groups -OCH3 is 1. The van der Waals surface area contributed by atoms with Crippen molar-refractivity contribution in [2.45, 2.75) is 6.42 Å². The van der Waals surface area contributed by atoms with Crippen molar-refractivity contribution in [3.05, 3.63) is 78.4 Å². The van der Waals surface area contributed by atoms with Crippen molar-refractivity contribution < 1.29 is 23.8 Å². The molecule has 8 heteroatoms. The van der Waals surface area contributed by atoms with E-state index in [0.29, 0.717) is 68.6 Å². The highest BCUT2D eigenvalue weighted by atomic mass is 16.5. The minimum Gasteiger partial charge on any atom is -0.491 e. The Morgan fingerprint density at radius 2 is 1.62 bits per heavy atom. The highest BCUT2D eigenvalue weighted by Gasteiger charge is 2.17. The number of nitrogens with one attached hydrogen (secondary N) is 2. The smallest absolute Gasteiger partial charge is 0.255 e. The number of benzene rings is 3. The first-order valence-electron chi connectivity index (χ1n) is 12.4. The first-order valence-corrected chi connectivity index (χ1v) is 12.4. The molecule has 1 fully saturated rings. The molecule has 37 heavy (non-hydrogen) atoms. The Bertz CT molecular complexity index is 1160. The molecule has 1 aliphatic heterocycles. The van der Waals surface area contributed by atoms with Gasteiger partial charge in [-0.25, -0.2) is 0 Å². The number of carbonyl (C=O) groups excluding carboxylic acids is 2. The van der Waals surface area contributed by atoms with Crippen LogP contribution in [0, 0.1) is 0 Å². The van der Waals surface area contributed by atoms with Crippen molar-refractivity contribution in [3.63, 3.8) is 0 Å². The van der Waals surface area contributed by atoms with Gasteiger partial charge in [0.05, 0.1) is 32.1 Å². The summed E-state index contributed by atoms with van der Waals surface area (Å²) in [6.45, 7) is 3.89. The zero-order valence-corrected chi connectivity index (χ0v) is 21.1. The predicted molar refractivity (Wildman–Crippen MR) is 144 cm³/mol. The summed E-state index contributed by atoms with van der Waals surface area (Å²) in [5.41, 5.74) is 3.74. The average Bonchev–Trinajstić information content (AvgIpc) is 2.93. The molecule has 8 nitrogen and oxygen atoms in total. The second kappa shape index (κ2) is 13.5. The SMILES string of the molecule is COCCCOc1ccc(C(=O)Nc2ccc(-c3ccccc3)cc2)cc1NC(=O)CN1CCOCC1. The molecule has 194 valence electrons. The van der Waals surface area contributed by atoms with Crippen LogP contribution in [0.25, 0.3) is 11.1 Å². The monoisotopic (exact) mass is 503 g/mol. The van der Waals surface area contributed by atoms with E-state index in [9.17, 15) is 9.59 Å². The van der Waals surface area contributed by atoms with Gasteiger partial charge in [-0.15, -0.1) is 0 Å². The maximum Gasteiger partial charge on any atom is 0.255 e. The molecule has 0 saturated carbocycles. The van der Waals surface area contributed by atoms with Gasteiger partial charge in [0.2, 0.25) is 5.91 Å². The Balaban J connectivity index is 1.44. The third-order valence-corrected chi connectivity index (χ3v) is 5.99. The van der Waals surface area contributed by atoms with Crippen LogP contribution in [0.1, 0.15) is 16.8 Å². The quantitative estimate of drug-likeness (QED) is 0.380. The highest BCUT2D eigenvalue weighted by molar-refractivity contribution is 6.06. The number of anilines is 2. The standard InChI is InChI=1S/C29H33N3O5/c1-35-16-5-17-37-27-13-10-24(20-26(27)31-28(33)21-32-14-18-36-19-15-32)29(34)30-25-11-8-23(9-12-25)22-6-3-2-4-7-22/h2-4,6-13,20H,5,14-19,21H2,1H3,(H,30,34)(H,31,33). The van der Waals surface area contributed by atoms with E-state index in [2.05, 4.69) is 10.6 Å². The van der Waals surface area contributed by atoms with E-state index in [0.717, 1.165) is 11.1 Å². The second-order valence-electron chi connectivity index (χ2n) is 8.74. The summed E-state index contributed by atoms with van der Waals surface area (Å²) >= 11 is 0. The molecular weight excluding hydrogens is 470 g/mol. The molecule has 2 amide bonds. The van der Waals surface area contributed by atoms with Crippen molar-refractivity contribution in [3.8, 4) is 16.9 Å². The number of nitrogens with zero attached hydrogens (tertiary/aromatic N) is 1. The van der Waals surface area contributed by atoms with Crippen LogP contribution < -0.4 is 15.4 Å². The first-order chi connectivity index (χ1) is 18.1. The van der Waals surface area contributed by atoms with Crippen LogP contribution in [0.15, 0.2) is 72.8 Å². The van der Waals surface area contributed by atoms with Gasteiger partial charge in [0.15, 0.2) is 0 Å². The average molecular weight is 504 g/mol. The molecule has 1 heterocycles. The molecule has 1 saturated heterocycles. The predicted octanol–water partition coefficient (Wildman–Crippen LogP) is 4.29. The molecule has 0 radical (unpaired) electrons. The Morgan fingerprint density at radius 3 is 2.35 bits per heavy atom. The zero-order valence-electron chi connectivity index (χ0n) is 21.1. The minimum absolute atomic E-state index is 0.169. The van der Waals surface area contributed by atoms with Crippen molar-refractivity contribution in [1.82, 2.24) is 4.90 Å². The molecule has 0 atom stereocenters. The van der Waals surface area contributed by atoms with Crippen molar-refractivity contribution >= 4 is 23.2 Å². The maximum absolute atomic E-state index is 13.0. The molecule has 3 aromatic rings. The number of hydrogen-bond donors (Lipinski definition) is 2. The first kappa shape index (κ1) is 26.3. The van der Waals surface area contributed by atoms with E-state index in [1.54, 1.807) is 25.3 Å². The lowest BCUT2D eigenvalue weighted by Crippen LogP contribution is -2.41. The van der Waals surface area contributed by atoms with E-state index in [4.69, 9.17) is 14.2 Å². The van der Waals surface area contributed by atoms with E-state index in [1.807, 2.05) is 59.5 Å². The fourth-order valence-electron chi connectivity index (χ4n) is 4.01. The molecule has 0 bridgehead atoms. The van der Waals surface area contributed by atoms with Crippen LogP contribution in [0.2, 0.25) is 0 Å². The molecule has 1 aliphatic rings. The van der Waals surface area contributed by atoms with Crippen LogP contribution in [0.4, 0.5) is 11.4 Å². The van der Waals surface area contributed by atoms with Crippen molar-refractivity contribution in [2.24, 2.45) is 0 Å². The normalized spacial score (nSPS) is 13.6. The van der Waals surface area contributed by atoms with Crippen LogP contribution in [0.5, 0.6) is 5.75 Å². The van der Waals surface area contributed by atoms with Gasteiger partial charge in [-0.05, 0) is 41.5 Å². The van der Waals surface area contributed by atoms with E-state index in [1.165, 1.54) is 0 Å². The third-order valence-electron chi connectivity index (χ3n) is 5.99. The summed E-state index contributed by atoms with van der Waals surface area (Å²) in [5, 5.41) is 5.86. The van der Waals surface area contributed by atoms with E-state index < -0.39 is 0 Å². The Morgan fingerprint density at radius 1 is 0.892 bits per heavy atom. The summed E-state index contributed by atoms with van der Waals surface area (Å²) in [7, 11) is 1.64. The van der Waals surface area contributed by atoms with Crippen LogP contribution in [-0.4, -0.2) is 69.9 Å². The lowest BCUT2D eigenvalue weighted by molar-refractivity contribution is -0.118. The number of amides is 2. The van der Waals surface area contributed by atoms with Crippen molar-refractivity contribution in [2.75, 3.05) is 63.8 Å². The summed E-state index contributed by atoms with van der Waals surface area (Å²) in [4.78, 5) is 27.8. The topological polar surface area (TPSA) is 89.1 Å². The third kappa shape index (κ3) is 7.88. The van der Waals surface area contributed by atoms with Gasteiger partial charge in [0, 0.05) is 44.5 Å². The largest absolute Gasteiger partial charge is 0.491 e. The molecule has 0 aliphatic carbocycles. The summed E-state index contributed by atoms with van der Waals surface area (Å²) in [5.74, 6) is 0.0648. The van der Waals surface area contributed by atoms with E-state index in [-0.39, 0.29) is 18.4 Å². The number of hydrogen-bond acceptors (Lipinski definition) is 6. The minimum atomic E-state index is -0.276. The van der Waals surface area contributed by atoms with Gasteiger partial charge in [-0.3, -0.25) is 14.5 Å². The Kier molecular flexibility index (Phi) is 9.65. The molecule has 0 aromatic heterocycles. The molecule has 4 rings (SSSR count).